The molecule has 4 atom stereocenters. The molecule has 0 bridgehead atoms. The third-order valence-corrected chi connectivity index (χ3v) is 8.23. The van der Waals surface area contributed by atoms with Crippen molar-refractivity contribution in [3.8, 4) is 0 Å². The van der Waals surface area contributed by atoms with Crippen LogP contribution in [0.15, 0.2) is 24.4 Å². The fourth-order valence-corrected chi connectivity index (χ4v) is 6.89. The summed E-state index contributed by atoms with van der Waals surface area (Å²) in [5, 5.41) is 2.02. The highest BCUT2D eigenvalue weighted by Gasteiger charge is 2.48. The van der Waals surface area contributed by atoms with Gasteiger partial charge in [-0.25, -0.2) is 0 Å². The minimum absolute atomic E-state index is 0.0885. The fraction of sp³-hybridized carbons (Fsp3) is 0.640. The topological polar surface area (TPSA) is 48.6 Å². The molecule has 0 spiro atoms. The van der Waals surface area contributed by atoms with Gasteiger partial charge in [-0.1, -0.05) is 11.6 Å². The second-order valence-electron chi connectivity index (χ2n) is 9.70. The Bertz CT molecular complexity index is 927. The van der Waals surface area contributed by atoms with Crippen molar-refractivity contribution >= 4 is 28.5 Å². The molecular weight excluding hydrogens is 410 g/mol. The average molecular weight is 444 g/mol. The first-order chi connectivity index (χ1) is 15.1. The predicted octanol–water partition coefficient (Wildman–Crippen LogP) is 4.84. The van der Waals surface area contributed by atoms with E-state index in [1.807, 2.05) is 6.07 Å². The smallest absolute Gasteiger partial charge is 0.305 e. The van der Waals surface area contributed by atoms with E-state index in [1.165, 1.54) is 56.8 Å². The Labute approximate surface area is 190 Å². The zero-order valence-electron chi connectivity index (χ0n) is 18.5. The maximum atomic E-state index is 11.8. The van der Waals surface area contributed by atoms with Gasteiger partial charge in [-0.05, 0) is 87.2 Å². The van der Waals surface area contributed by atoms with Crippen LogP contribution in [0.4, 0.5) is 0 Å². The Morgan fingerprint density at radius 2 is 2.10 bits per heavy atom. The van der Waals surface area contributed by atoms with Crippen LogP contribution in [0, 0.1) is 11.8 Å². The number of fused-ring (bicyclic) bond motifs is 1. The predicted molar refractivity (Wildman–Crippen MR) is 124 cm³/mol. The maximum absolute atomic E-state index is 11.8. The molecule has 3 saturated heterocycles. The molecule has 0 radical (unpaired) electrons. The normalized spacial score (nSPS) is 29.1. The third kappa shape index (κ3) is 4.24. The van der Waals surface area contributed by atoms with Crippen molar-refractivity contribution in [3.05, 3.63) is 35.0 Å². The number of ether oxygens (including phenoxy) is 1. The number of carbonyl (C=O) groups is 1. The van der Waals surface area contributed by atoms with E-state index < -0.39 is 0 Å². The first-order valence-corrected chi connectivity index (χ1v) is 12.3. The first-order valence-electron chi connectivity index (χ1n) is 11.9. The van der Waals surface area contributed by atoms with Gasteiger partial charge in [-0.3, -0.25) is 14.6 Å². The van der Waals surface area contributed by atoms with E-state index >= 15 is 0 Å². The summed E-state index contributed by atoms with van der Waals surface area (Å²) in [6, 6.07) is 7.37. The number of benzene rings is 1. The van der Waals surface area contributed by atoms with E-state index in [4.69, 9.17) is 16.3 Å². The van der Waals surface area contributed by atoms with E-state index in [0.717, 1.165) is 48.4 Å². The lowest BCUT2D eigenvalue weighted by atomic mass is 9.69. The molecule has 1 aromatic carbocycles. The van der Waals surface area contributed by atoms with E-state index in [1.54, 1.807) is 0 Å². The number of piperidine rings is 3. The summed E-state index contributed by atoms with van der Waals surface area (Å²) in [4.78, 5) is 20.7. The van der Waals surface area contributed by atoms with Gasteiger partial charge in [-0.15, -0.1) is 0 Å². The molecular formula is C25H34ClN3O2. The van der Waals surface area contributed by atoms with Gasteiger partial charge in [0.2, 0.25) is 0 Å². The summed E-state index contributed by atoms with van der Waals surface area (Å²) in [6.45, 7) is 4.65. The molecule has 3 aliphatic rings. The number of halogens is 1. The van der Waals surface area contributed by atoms with Crippen molar-refractivity contribution in [1.82, 2.24) is 14.8 Å². The number of aromatic amines is 1. The van der Waals surface area contributed by atoms with Gasteiger partial charge < -0.3 is 9.72 Å². The number of hydrogen-bond donors (Lipinski definition) is 1. The number of nitrogens with one attached hydrogen (secondary N) is 1. The van der Waals surface area contributed by atoms with Crippen LogP contribution >= 0.6 is 11.6 Å². The molecule has 0 amide bonds. The maximum Gasteiger partial charge on any atom is 0.305 e. The monoisotopic (exact) mass is 443 g/mol. The molecule has 0 unspecified atom stereocenters. The quantitative estimate of drug-likeness (QED) is 0.649. The Balaban J connectivity index is 1.41. The van der Waals surface area contributed by atoms with Crippen molar-refractivity contribution in [2.45, 2.75) is 63.6 Å². The van der Waals surface area contributed by atoms with E-state index in [-0.39, 0.29) is 5.97 Å². The lowest BCUT2D eigenvalue weighted by molar-refractivity contribution is -0.141. The molecule has 3 aliphatic heterocycles. The summed E-state index contributed by atoms with van der Waals surface area (Å²) < 4.78 is 4.90. The van der Waals surface area contributed by atoms with Crippen LogP contribution in [-0.4, -0.2) is 59.6 Å². The van der Waals surface area contributed by atoms with Gasteiger partial charge in [0.15, 0.2) is 0 Å². The molecule has 1 aromatic heterocycles. The fourth-order valence-electron chi connectivity index (χ4n) is 6.72. The number of hydrogen-bond acceptors (Lipinski definition) is 4. The number of methoxy groups -OCH3 is 1. The Kier molecular flexibility index (Phi) is 6.27. The molecule has 31 heavy (non-hydrogen) atoms. The van der Waals surface area contributed by atoms with E-state index in [2.05, 4.69) is 33.1 Å². The van der Waals surface area contributed by atoms with Crippen molar-refractivity contribution in [2.75, 3.05) is 26.7 Å². The number of H-pyrrole nitrogens is 1. The number of nitrogens with zero attached hydrogens (tertiary/aromatic N) is 2. The molecule has 5 rings (SSSR count). The Morgan fingerprint density at radius 1 is 1.26 bits per heavy atom. The van der Waals surface area contributed by atoms with Crippen LogP contribution in [0.25, 0.3) is 10.9 Å². The lowest BCUT2D eigenvalue weighted by Gasteiger charge is -2.57. The second kappa shape index (κ2) is 9.13. The zero-order valence-corrected chi connectivity index (χ0v) is 19.2. The lowest BCUT2D eigenvalue weighted by Crippen LogP contribution is -2.64. The van der Waals surface area contributed by atoms with Crippen LogP contribution in [0.5, 0.6) is 0 Å². The molecule has 168 valence electrons. The zero-order chi connectivity index (χ0) is 21.4. The van der Waals surface area contributed by atoms with E-state index in [9.17, 15) is 4.79 Å². The molecule has 0 aliphatic carbocycles. The van der Waals surface area contributed by atoms with Gasteiger partial charge in [0.1, 0.15) is 0 Å². The Hall–Kier alpha value is -1.56. The van der Waals surface area contributed by atoms with Gasteiger partial charge in [0, 0.05) is 53.7 Å². The van der Waals surface area contributed by atoms with Gasteiger partial charge >= 0.3 is 5.97 Å². The van der Waals surface area contributed by atoms with Crippen molar-refractivity contribution in [1.29, 1.82) is 0 Å². The van der Waals surface area contributed by atoms with Gasteiger partial charge in [0.05, 0.1) is 7.11 Å². The highest BCUT2D eigenvalue weighted by atomic mass is 35.5. The summed E-state index contributed by atoms with van der Waals surface area (Å²) >= 11 is 6.31. The molecule has 0 saturated carbocycles. The van der Waals surface area contributed by atoms with Crippen LogP contribution < -0.4 is 0 Å². The highest BCUT2D eigenvalue weighted by molar-refractivity contribution is 6.31. The largest absolute Gasteiger partial charge is 0.469 e. The van der Waals surface area contributed by atoms with Gasteiger partial charge in [0.25, 0.3) is 0 Å². The van der Waals surface area contributed by atoms with E-state index in [0.29, 0.717) is 18.4 Å². The molecule has 5 nitrogen and oxygen atoms in total. The van der Waals surface area contributed by atoms with Crippen molar-refractivity contribution in [2.24, 2.45) is 11.8 Å². The number of carbonyl (C=O) groups excluding carboxylic acids is 1. The standard InChI is InChI=1S/C25H34ClN3O2/c1-31-24(30)8-2-7-23-20-6-4-12-28-11-3-5-17(25(20)28)15-29(23)16-18-14-27-22-10-9-19(26)13-21(18)22/h9-10,13-14,17,20,23,25,27H,2-8,11-12,15-16H2,1H3/t17-,20-,23-,25+/m1/s1. The summed E-state index contributed by atoms with van der Waals surface area (Å²) in [5.41, 5.74) is 2.48. The van der Waals surface area contributed by atoms with Crippen LogP contribution in [-0.2, 0) is 16.1 Å². The second-order valence-corrected chi connectivity index (χ2v) is 10.1. The highest BCUT2D eigenvalue weighted by Crippen LogP contribution is 2.44. The third-order valence-electron chi connectivity index (χ3n) is 7.99. The molecule has 6 heteroatoms. The summed E-state index contributed by atoms with van der Waals surface area (Å²) in [7, 11) is 1.49. The van der Waals surface area contributed by atoms with Crippen molar-refractivity contribution < 1.29 is 9.53 Å². The minimum Gasteiger partial charge on any atom is -0.469 e. The molecule has 3 fully saturated rings. The summed E-state index contributed by atoms with van der Waals surface area (Å²) in [6.07, 6.45) is 9.96. The number of aromatic nitrogens is 1. The number of rotatable bonds is 6. The summed E-state index contributed by atoms with van der Waals surface area (Å²) in [5.74, 6) is 1.39. The minimum atomic E-state index is -0.0885. The van der Waals surface area contributed by atoms with Crippen LogP contribution in [0.1, 0.15) is 50.5 Å². The van der Waals surface area contributed by atoms with Crippen LogP contribution in [0.2, 0.25) is 5.02 Å². The molecule has 1 N–H and O–H groups in total. The molecule has 4 heterocycles. The van der Waals surface area contributed by atoms with Crippen molar-refractivity contribution in [3.63, 3.8) is 0 Å². The SMILES string of the molecule is COC(=O)CCC[C@@H]1[C@H]2CCCN3CCC[C@H](CN1Cc1c[nH]c4ccc(Cl)cc14)[C@@H]23. The first kappa shape index (κ1) is 21.3. The average Bonchev–Trinajstić information content (AvgIpc) is 3.17. The molecule has 2 aromatic rings. The Morgan fingerprint density at radius 3 is 2.94 bits per heavy atom. The number of likely N-dealkylation sites (tertiary alicyclic amines) is 1. The number of esters is 1. The van der Waals surface area contributed by atoms with Gasteiger partial charge in [-0.2, -0.15) is 0 Å². The van der Waals surface area contributed by atoms with Crippen LogP contribution in [0.3, 0.4) is 0 Å².